The third-order valence-electron chi connectivity index (χ3n) is 3.57. The number of methoxy groups -OCH3 is 1. The fourth-order valence-electron chi connectivity index (χ4n) is 2.47. The Balaban J connectivity index is 1.77. The molecule has 0 spiro atoms. The second kappa shape index (κ2) is 5.97. The number of benzene rings is 2. The summed E-state index contributed by atoms with van der Waals surface area (Å²) >= 11 is 0. The molecule has 0 fully saturated rings. The average Bonchev–Trinajstić information content (AvgIpc) is 2.83. The van der Waals surface area contributed by atoms with Crippen molar-refractivity contribution in [2.75, 3.05) is 12.4 Å². The van der Waals surface area contributed by atoms with Gasteiger partial charge in [-0.05, 0) is 29.8 Å². The van der Waals surface area contributed by atoms with E-state index in [1.807, 2.05) is 31.3 Å². The Kier molecular flexibility index (Phi) is 3.88. The lowest BCUT2D eigenvalue weighted by Crippen LogP contribution is -2.06. The number of hydrogen-bond donors (Lipinski definition) is 1. The van der Waals surface area contributed by atoms with Gasteiger partial charge in [0, 0.05) is 19.8 Å². The van der Waals surface area contributed by atoms with Gasteiger partial charge >= 0.3 is 0 Å². The van der Waals surface area contributed by atoms with Gasteiger partial charge in [0.1, 0.15) is 5.82 Å². The maximum atomic E-state index is 5.16. The average molecular weight is 281 g/mol. The van der Waals surface area contributed by atoms with Gasteiger partial charge in [-0.1, -0.05) is 24.3 Å². The molecule has 4 nitrogen and oxygen atoms in total. The van der Waals surface area contributed by atoms with Gasteiger partial charge in [-0.15, -0.1) is 0 Å². The first-order valence-corrected chi connectivity index (χ1v) is 7.00. The monoisotopic (exact) mass is 281 g/mol. The summed E-state index contributed by atoms with van der Waals surface area (Å²) in [5, 5.41) is 3.42. The van der Waals surface area contributed by atoms with Crippen LogP contribution >= 0.6 is 0 Å². The minimum Gasteiger partial charge on any atom is -0.380 e. The molecule has 0 unspecified atom stereocenters. The molecule has 0 aliphatic heterocycles. The Morgan fingerprint density at radius 3 is 2.81 bits per heavy atom. The van der Waals surface area contributed by atoms with Crippen LogP contribution in [0.15, 0.2) is 48.5 Å². The van der Waals surface area contributed by atoms with E-state index in [9.17, 15) is 0 Å². The van der Waals surface area contributed by atoms with Crippen LogP contribution in [0.25, 0.3) is 11.0 Å². The van der Waals surface area contributed by atoms with Crippen LogP contribution in [0.4, 0.5) is 5.69 Å². The molecule has 0 atom stereocenters. The molecule has 0 saturated carbocycles. The van der Waals surface area contributed by atoms with Gasteiger partial charge < -0.3 is 14.6 Å². The Hall–Kier alpha value is -2.33. The van der Waals surface area contributed by atoms with E-state index in [0.29, 0.717) is 13.2 Å². The smallest absolute Gasteiger partial charge is 0.128 e. The summed E-state index contributed by atoms with van der Waals surface area (Å²) in [6.45, 7) is 1.32. The van der Waals surface area contributed by atoms with Crippen LogP contribution in [0.5, 0.6) is 0 Å². The highest BCUT2D eigenvalue weighted by Gasteiger charge is 2.06. The highest BCUT2D eigenvalue weighted by atomic mass is 16.5. The molecule has 0 saturated heterocycles. The lowest BCUT2D eigenvalue weighted by Gasteiger charge is -2.08. The van der Waals surface area contributed by atoms with E-state index in [1.54, 1.807) is 7.11 Å². The van der Waals surface area contributed by atoms with Crippen molar-refractivity contribution in [2.24, 2.45) is 7.05 Å². The van der Waals surface area contributed by atoms with Crippen molar-refractivity contribution in [3.05, 3.63) is 59.9 Å². The van der Waals surface area contributed by atoms with Crippen molar-refractivity contribution in [1.29, 1.82) is 0 Å². The predicted octanol–water partition coefficient (Wildman–Crippen LogP) is 3.33. The zero-order valence-corrected chi connectivity index (χ0v) is 12.3. The second-order valence-electron chi connectivity index (χ2n) is 5.06. The highest BCUT2D eigenvalue weighted by Crippen LogP contribution is 2.16. The van der Waals surface area contributed by atoms with Crippen molar-refractivity contribution < 1.29 is 4.74 Å². The number of imidazole rings is 1. The lowest BCUT2D eigenvalue weighted by atomic mass is 10.2. The van der Waals surface area contributed by atoms with Gasteiger partial charge in [-0.2, -0.15) is 0 Å². The van der Waals surface area contributed by atoms with E-state index in [2.05, 4.69) is 39.1 Å². The van der Waals surface area contributed by atoms with Crippen molar-refractivity contribution >= 4 is 16.7 Å². The van der Waals surface area contributed by atoms with Crippen LogP contribution in [-0.2, 0) is 24.9 Å². The Bertz CT molecular complexity index is 749. The number of nitrogens with zero attached hydrogens (tertiary/aromatic N) is 2. The second-order valence-corrected chi connectivity index (χ2v) is 5.06. The number of rotatable bonds is 5. The van der Waals surface area contributed by atoms with Crippen LogP contribution < -0.4 is 5.32 Å². The first-order valence-electron chi connectivity index (χ1n) is 7.00. The van der Waals surface area contributed by atoms with Crippen molar-refractivity contribution in [1.82, 2.24) is 9.55 Å². The molecule has 0 radical (unpaired) electrons. The molecule has 0 aliphatic carbocycles. The van der Waals surface area contributed by atoms with Crippen molar-refractivity contribution in [3.8, 4) is 0 Å². The lowest BCUT2D eigenvalue weighted by molar-refractivity contribution is 0.185. The number of aryl methyl sites for hydroxylation is 1. The molecule has 2 aromatic carbocycles. The topological polar surface area (TPSA) is 39.1 Å². The molecule has 21 heavy (non-hydrogen) atoms. The Labute approximate surface area is 124 Å². The fourth-order valence-corrected chi connectivity index (χ4v) is 2.47. The van der Waals surface area contributed by atoms with Crippen LogP contribution in [0.3, 0.4) is 0 Å². The molecule has 1 N–H and O–H groups in total. The summed E-state index contributed by atoms with van der Waals surface area (Å²) in [6, 6.07) is 16.4. The van der Waals surface area contributed by atoms with Crippen molar-refractivity contribution in [3.63, 3.8) is 0 Å². The first kappa shape index (κ1) is 13.6. The molecular formula is C17H19N3O. The molecule has 3 rings (SSSR count). The van der Waals surface area contributed by atoms with Gasteiger partial charge in [0.25, 0.3) is 0 Å². The van der Waals surface area contributed by atoms with Gasteiger partial charge in [-0.3, -0.25) is 0 Å². The molecule has 0 bridgehead atoms. The number of nitrogens with one attached hydrogen (secondary N) is 1. The largest absolute Gasteiger partial charge is 0.380 e. The normalized spacial score (nSPS) is 11.0. The highest BCUT2D eigenvalue weighted by molar-refractivity contribution is 5.75. The quantitative estimate of drug-likeness (QED) is 0.779. The molecular weight excluding hydrogens is 262 g/mol. The standard InChI is InChI=1S/C17H19N3O/c1-20-16-9-4-3-8-15(16)19-17(20)11-18-14-7-5-6-13(10-14)12-21-2/h3-10,18H,11-12H2,1-2H3. The summed E-state index contributed by atoms with van der Waals surface area (Å²) in [5.41, 5.74) is 4.43. The van der Waals surface area contributed by atoms with E-state index in [4.69, 9.17) is 4.74 Å². The number of aromatic nitrogens is 2. The zero-order valence-electron chi connectivity index (χ0n) is 12.3. The van der Waals surface area contributed by atoms with Gasteiger partial charge in [0.15, 0.2) is 0 Å². The maximum Gasteiger partial charge on any atom is 0.128 e. The third-order valence-corrected chi connectivity index (χ3v) is 3.57. The SMILES string of the molecule is COCc1cccc(NCc2nc3ccccc3n2C)c1. The summed E-state index contributed by atoms with van der Waals surface area (Å²) in [4.78, 5) is 4.66. The molecule has 4 heteroatoms. The number of ether oxygens (including phenoxy) is 1. The van der Waals surface area contributed by atoms with Gasteiger partial charge in [0.05, 0.1) is 24.2 Å². The summed E-state index contributed by atoms with van der Waals surface area (Å²) < 4.78 is 7.29. The summed E-state index contributed by atoms with van der Waals surface area (Å²) in [7, 11) is 3.76. The number of hydrogen-bond acceptors (Lipinski definition) is 3. The molecule has 0 aliphatic rings. The van der Waals surface area contributed by atoms with Gasteiger partial charge in [0.2, 0.25) is 0 Å². The Morgan fingerprint density at radius 2 is 2.00 bits per heavy atom. The van der Waals surface area contributed by atoms with Crippen LogP contribution in [-0.4, -0.2) is 16.7 Å². The van der Waals surface area contributed by atoms with E-state index in [1.165, 1.54) is 0 Å². The van der Waals surface area contributed by atoms with E-state index >= 15 is 0 Å². The fraction of sp³-hybridized carbons (Fsp3) is 0.235. The first-order chi connectivity index (χ1) is 10.3. The number of anilines is 1. The van der Waals surface area contributed by atoms with E-state index in [0.717, 1.165) is 28.1 Å². The molecule has 108 valence electrons. The van der Waals surface area contributed by atoms with E-state index in [-0.39, 0.29) is 0 Å². The van der Waals surface area contributed by atoms with Gasteiger partial charge in [-0.25, -0.2) is 4.98 Å². The minimum absolute atomic E-state index is 0.627. The summed E-state index contributed by atoms with van der Waals surface area (Å²) in [6.07, 6.45) is 0. The maximum absolute atomic E-state index is 5.16. The summed E-state index contributed by atoms with van der Waals surface area (Å²) in [5.74, 6) is 1.02. The number of para-hydroxylation sites is 2. The Morgan fingerprint density at radius 1 is 1.14 bits per heavy atom. The minimum atomic E-state index is 0.627. The van der Waals surface area contributed by atoms with Crippen LogP contribution in [0.1, 0.15) is 11.4 Å². The van der Waals surface area contributed by atoms with Crippen molar-refractivity contribution in [2.45, 2.75) is 13.2 Å². The molecule has 0 amide bonds. The molecule has 1 heterocycles. The predicted molar refractivity (Wildman–Crippen MR) is 85.2 cm³/mol. The van der Waals surface area contributed by atoms with E-state index < -0.39 is 0 Å². The van der Waals surface area contributed by atoms with Crippen LogP contribution in [0.2, 0.25) is 0 Å². The molecule has 3 aromatic rings. The zero-order chi connectivity index (χ0) is 14.7. The third kappa shape index (κ3) is 2.90. The number of fused-ring (bicyclic) bond motifs is 1. The van der Waals surface area contributed by atoms with Crippen LogP contribution in [0, 0.1) is 0 Å². The molecule has 1 aromatic heterocycles.